The fourth-order valence-corrected chi connectivity index (χ4v) is 1.67. The van der Waals surface area contributed by atoms with Gasteiger partial charge >= 0.3 is 6.03 Å². The van der Waals surface area contributed by atoms with Gasteiger partial charge in [-0.2, -0.15) is 0 Å². The molecule has 0 aromatic heterocycles. The number of benzene rings is 1. The van der Waals surface area contributed by atoms with Crippen LogP contribution in [0.2, 0.25) is 0 Å². The summed E-state index contributed by atoms with van der Waals surface area (Å²) >= 11 is 0. The van der Waals surface area contributed by atoms with Crippen LogP contribution < -0.4 is 10.6 Å². The lowest BCUT2D eigenvalue weighted by atomic mass is 9.93. The minimum atomic E-state index is -0.962. The summed E-state index contributed by atoms with van der Waals surface area (Å²) in [5, 5.41) is 15.4. The summed E-state index contributed by atoms with van der Waals surface area (Å²) in [4.78, 5) is 11.8. The Morgan fingerprint density at radius 3 is 2.52 bits per heavy atom. The highest BCUT2D eigenvalue weighted by Gasteiger charge is 2.25. The Labute approximate surface area is 125 Å². The second-order valence-corrected chi connectivity index (χ2v) is 6.07. The first-order valence-corrected chi connectivity index (χ1v) is 7.16. The smallest absolute Gasteiger partial charge is 0.315 e. The molecule has 0 saturated heterocycles. The molecule has 1 rings (SSSR count). The van der Waals surface area contributed by atoms with E-state index in [4.69, 9.17) is 0 Å². The van der Waals surface area contributed by atoms with Crippen LogP contribution in [-0.4, -0.2) is 23.3 Å². The second-order valence-electron chi connectivity index (χ2n) is 6.07. The quantitative estimate of drug-likeness (QED) is 0.782. The third kappa shape index (κ3) is 5.01. The van der Waals surface area contributed by atoms with Crippen molar-refractivity contribution in [3.63, 3.8) is 0 Å². The van der Waals surface area contributed by atoms with Gasteiger partial charge in [-0.3, -0.25) is 0 Å². The highest BCUT2D eigenvalue weighted by molar-refractivity contribution is 5.74. The van der Waals surface area contributed by atoms with Crippen LogP contribution in [0.1, 0.15) is 44.9 Å². The molecule has 4 nitrogen and oxygen atoms in total. The normalized spacial score (nSPS) is 15.4. The van der Waals surface area contributed by atoms with Crippen LogP contribution in [0.25, 0.3) is 0 Å². The first-order valence-electron chi connectivity index (χ1n) is 7.16. The molecule has 118 valence electrons. The van der Waals surface area contributed by atoms with Crippen LogP contribution in [0.3, 0.4) is 0 Å². The maximum atomic E-state index is 13.5. The minimum absolute atomic E-state index is 0.0291. The number of rotatable bonds is 5. The average molecular weight is 296 g/mol. The molecule has 0 spiro atoms. The highest BCUT2D eigenvalue weighted by Crippen LogP contribution is 2.17. The molecule has 0 aliphatic heterocycles. The Balaban J connectivity index is 2.56. The van der Waals surface area contributed by atoms with E-state index in [1.165, 1.54) is 6.07 Å². The molecular formula is C16H25FN2O2. The molecule has 2 unspecified atom stereocenters. The third-order valence-corrected chi connectivity index (χ3v) is 3.89. The Morgan fingerprint density at radius 2 is 2.00 bits per heavy atom. The summed E-state index contributed by atoms with van der Waals surface area (Å²) in [6.45, 7) is 9.08. The number of aliphatic hydroxyl groups is 1. The molecule has 5 heteroatoms. The molecule has 0 aliphatic rings. The lowest BCUT2D eigenvalue weighted by Gasteiger charge is -2.28. The van der Waals surface area contributed by atoms with E-state index in [1.54, 1.807) is 32.9 Å². The van der Waals surface area contributed by atoms with Gasteiger partial charge in [0.15, 0.2) is 0 Å². The van der Waals surface area contributed by atoms with E-state index in [2.05, 4.69) is 10.6 Å². The summed E-state index contributed by atoms with van der Waals surface area (Å²) in [5.41, 5.74) is 0.309. The molecule has 0 fully saturated rings. The second kappa shape index (κ2) is 6.89. The van der Waals surface area contributed by atoms with Gasteiger partial charge in [-0.15, -0.1) is 0 Å². The predicted molar refractivity (Wildman–Crippen MR) is 81.5 cm³/mol. The van der Waals surface area contributed by atoms with Gasteiger partial charge in [0, 0.05) is 6.54 Å². The van der Waals surface area contributed by atoms with Gasteiger partial charge < -0.3 is 15.7 Å². The number of carbonyl (C=O) groups is 1. The van der Waals surface area contributed by atoms with Crippen LogP contribution in [0.5, 0.6) is 0 Å². The molecule has 3 N–H and O–H groups in total. The van der Waals surface area contributed by atoms with Crippen LogP contribution in [-0.2, 0) is 0 Å². The lowest BCUT2D eigenvalue weighted by molar-refractivity contribution is 0.0165. The van der Waals surface area contributed by atoms with Crippen LogP contribution in [0.4, 0.5) is 9.18 Å². The van der Waals surface area contributed by atoms with E-state index < -0.39 is 5.60 Å². The van der Waals surface area contributed by atoms with E-state index in [9.17, 15) is 14.3 Å². The topological polar surface area (TPSA) is 61.4 Å². The van der Waals surface area contributed by atoms with Crippen LogP contribution >= 0.6 is 0 Å². The number of urea groups is 1. The summed E-state index contributed by atoms with van der Waals surface area (Å²) in [6, 6.07) is 4.19. The number of nitrogens with one attached hydrogen (secondary N) is 2. The van der Waals surface area contributed by atoms with Crippen molar-refractivity contribution in [2.24, 2.45) is 5.92 Å². The SMILES string of the molecule is Cc1ccc(C(C)NC(=O)NCC(C)(O)C(C)C)cc1F. The monoisotopic (exact) mass is 296 g/mol. The van der Waals surface area contributed by atoms with E-state index >= 15 is 0 Å². The molecule has 0 radical (unpaired) electrons. The molecule has 2 atom stereocenters. The Morgan fingerprint density at radius 1 is 1.38 bits per heavy atom. The van der Waals surface area contributed by atoms with Crippen molar-refractivity contribution in [2.45, 2.75) is 46.3 Å². The van der Waals surface area contributed by atoms with Gasteiger partial charge in [0.25, 0.3) is 0 Å². The largest absolute Gasteiger partial charge is 0.388 e. The zero-order valence-corrected chi connectivity index (χ0v) is 13.3. The molecule has 1 aromatic carbocycles. The van der Waals surface area contributed by atoms with Crippen LogP contribution in [0.15, 0.2) is 18.2 Å². The van der Waals surface area contributed by atoms with Crippen LogP contribution in [0, 0.1) is 18.7 Å². The molecule has 1 aromatic rings. The van der Waals surface area contributed by atoms with E-state index in [-0.39, 0.29) is 30.4 Å². The first kappa shape index (κ1) is 17.4. The van der Waals surface area contributed by atoms with Gasteiger partial charge in [0.2, 0.25) is 0 Å². The Hall–Kier alpha value is -1.62. The molecule has 0 bridgehead atoms. The highest BCUT2D eigenvalue weighted by atomic mass is 19.1. The van der Waals surface area contributed by atoms with E-state index in [0.29, 0.717) is 11.1 Å². The van der Waals surface area contributed by atoms with Gasteiger partial charge in [-0.25, -0.2) is 9.18 Å². The van der Waals surface area contributed by atoms with E-state index in [1.807, 2.05) is 13.8 Å². The summed E-state index contributed by atoms with van der Waals surface area (Å²) in [7, 11) is 0. The van der Waals surface area contributed by atoms with E-state index in [0.717, 1.165) is 0 Å². The molecule has 0 aliphatic carbocycles. The fraction of sp³-hybridized carbons (Fsp3) is 0.562. The Kier molecular flexibility index (Phi) is 5.72. The first-order chi connectivity index (χ1) is 9.63. The number of amides is 2. The molecule has 21 heavy (non-hydrogen) atoms. The van der Waals surface area contributed by atoms with Gasteiger partial charge in [0.1, 0.15) is 5.82 Å². The van der Waals surface area contributed by atoms with Crippen molar-refractivity contribution in [3.05, 3.63) is 35.1 Å². The van der Waals surface area contributed by atoms with Gasteiger partial charge in [0.05, 0.1) is 11.6 Å². The molecule has 2 amide bonds. The number of hydrogen-bond acceptors (Lipinski definition) is 2. The molecule has 0 heterocycles. The zero-order chi connectivity index (χ0) is 16.2. The standard InChI is InChI=1S/C16H25FN2O2/c1-10(2)16(5,21)9-18-15(20)19-12(4)13-7-6-11(3)14(17)8-13/h6-8,10,12,21H,9H2,1-5H3,(H2,18,19,20). The number of aryl methyl sites for hydroxylation is 1. The van der Waals surface area contributed by atoms with Crippen molar-refractivity contribution in [2.75, 3.05) is 6.54 Å². The van der Waals surface area contributed by atoms with Crippen molar-refractivity contribution < 1.29 is 14.3 Å². The zero-order valence-electron chi connectivity index (χ0n) is 13.3. The van der Waals surface area contributed by atoms with Gasteiger partial charge in [-0.1, -0.05) is 26.0 Å². The number of hydrogen-bond donors (Lipinski definition) is 3. The third-order valence-electron chi connectivity index (χ3n) is 3.89. The van der Waals surface area contributed by atoms with Crippen molar-refractivity contribution in [1.29, 1.82) is 0 Å². The molecular weight excluding hydrogens is 271 g/mol. The maximum absolute atomic E-state index is 13.5. The van der Waals surface area contributed by atoms with Crippen molar-refractivity contribution >= 4 is 6.03 Å². The van der Waals surface area contributed by atoms with Crippen molar-refractivity contribution in [1.82, 2.24) is 10.6 Å². The lowest BCUT2D eigenvalue weighted by Crippen LogP contribution is -2.47. The minimum Gasteiger partial charge on any atom is -0.388 e. The fourth-order valence-electron chi connectivity index (χ4n) is 1.67. The maximum Gasteiger partial charge on any atom is 0.315 e. The van der Waals surface area contributed by atoms with Gasteiger partial charge in [-0.05, 0) is 43.9 Å². The summed E-state index contributed by atoms with van der Waals surface area (Å²) in [6.07, 6.45) is 0. The number of halogens is 1. The summed E-state index contributed by atoms with van der Waals surface area (Å²) in [5.74, 6) is -0.259. The average Bonchev–Trinajstić information content (AvgIpc) is 2.39. The predicted octanol–water partition coefficient (Wildman–Crippen LogP) is 2.90. The van der Waals surface area contributed by atoms with Crippen molar-refractivity contribution in [3.8, 4) is 0 Å². The Bertz CT molecular complexity index is 501. The number of carbonyl (C=O) groups excluding carboxylic acids is 1. The molecule has 0 saturated carbocycles. The summed E-state index contributed by atoms with van der Waals surface area (Å²) < 4.78 is 13.5.